The van der Waals surface area contributed by atoms with Crippen molar-refractivity contribution in [2.75, 3.05) is 16.9 Å². The molecule has 0 aliphatic carbocycles. The Morgan fingerprint density at radius 1 is 1.33 bits per heavy atom. The van der Waals surface area contributed by atoms with Gasteiger partial charge in [-0.25, -0.2) is 0 Å². The number of carbonyl (C=O) groups excluding carboxylic acids is 1. The van der Waals surface area contributed by atoms with Crippen LogP contribution in [0.4, 0.5) is 16.5 Å². The molecule has 0 fully saturated rings. The van der Waals surface area contributed by atoms with Crippen LogP contribution < -0.4 is 10.6 Å². The molecule has 0 aliphatic rings. The van der Waals surface area contributed by atoms with Crippen LogP contribution in [0.15, 0.2) is 28.6 Å². The summed E-state index contributed by atoms with van der Waals surface area (Å²) in [5, 5.41) is 14.6. The maximum absolute atomic E-state index is 11.0. The minimum absolute atomic E-state index is 0.0901. The zero-order valence-corrected chi connectivity index (χ0v) is 11.6. The van der Waals surface area contributed by atoms with Gasteiger partial charge in [-0.1, -0.05) is 29.2 Å². The van der Waals surface area contributed by atoms with Crippen molar-refractivity contribution >= 4 is 45.5 Å². The van der Waals surface area contributed by atoms with E-state index in [1.807, 2.05) is 30.5 Å². The van der Waals surface area contributed by atoms with Crippen molar-refractivity contribution in [1.82, 2.24) is 10.2 Å². The number of anilines is 3. The van der Waals surface area contributed by atoms with Gasteiger partial charge < -0.3 is 10.6 Å². The molecule has 0 saturated carbocycles. The predicted octanol–water partition coefficient (Wildman–Crippen LogP) is 2.96. The second-order valence-electron chi connectivity index (χ2n) is 3.46. The fourth-order valence-electron chi connectivity index (χ4n) is 1.34. The Hall–Kier alpha value is -1.60. The van der Waals surface area contributed by atoms with E-state index in [1.54, 1.807) is 11.8 Å². The number of rotatable bonds is 4. The average molecular weight is 280 g/mol. The number of aromatic nitrogens is 2. The van der Waals surface area contributed by atoms with Gasteiger partial charge in [-0.05, 0) is 24.5 Å². The van der Waals surface area contributed by atoms with E-state index in [-0.39, 0.29) is 5.91 Å². The van der Waals surface area contributed by atoms with Crippen LogP contribution in [0, 0.1) is 0 Å². The summed E-state index contributed by atoms with van der Waals surface area (Å²) in [5.41, 5.74) is 1.62. The topological polar surface area (TPSA) is 66.9 Å². The van der Waals surface area contributed by atoms with Gasteiger partial charge in [-0.15, -0.1) is 10.2 Å². The molecule has 1 aromatic carbocycles. The van der Waals surface area contributed by atoms with Crippen LogP contribution in [0.5, 0.6) is 0 Å². The van der Waals surface area contributed by atoms with E-state index >= 15 is 0 Å². The van der Waals surface area contributed by atoms with Crippen molar-refractivity contribution < 1.29 is 4.79 Å². The lowest BCUT2D eigenvalue weighted by Gasteiger charge is -2.05. The second-order valence-corrected chi connectivity index (χ2v) is 5.50. The number of nitrogens with one attached hydrogen (secondary N) is 2. The highest BCUT2D eigenvalue weighted by molar-refractivity contribution is 8.00. The average Bonchev–Trinajstić information content (AvgIpc) is 2.76. The summed E-state index contributed by atoms with van der Waals surface area (Å²) >= 11 is 3.05. The van der Waals surface area contributed by atoms with Gasteiger partial charge >= 0.3 is 0 Å². The van der Waals surface area contributed by atoms with Gasteiger partial charge in [0.1, 0.15) is 0 Å². The summed E-state index contributed by atoms with van der Waals surface area (Å²) < 4.78 is 0.913. The zero-order chi connectivity index (χ0) is 13.0. The van der Waals surface area contributed by atoms with Crippen molar-refractivity contribution in [2.24, 2.45) is 0 Å². The Bertz CT molecular complexity index is 555. The number of thioether (sulfide) groups is 1. The first-order chi connectivity index (χ1) is 8.67. The van der Waals surface area contributed by atoms with Gasteiger partial charge in [-0.3, -0.25) is 4.79 Å². The highest BCUT2D eigenvalue weighted by Gasteiger charge is 2.04. The molecule has 7 heteroatoms. The molecule has 1 heterocycles. The molecule has 1 aromatic heterocycles. The van der Waals surface area contributed by atoms with Gasteiger partial charge in [0.2, 0.25) is 11.0 Å². The largest absolute Gasteiger partial charge is 0.330 e. The Morgan fingerprint density at radius 2 is 2.11 bits per heavy atom. The predicted molar refractivity (Wildman–Crippen MR) is 75.7 cm³/mol. The molecule has 18 heavy (non-hydrogen) atoms. The summed E-state index contributed by atoms with van der Waals surface area (Å²) in [6.07, 6.45) is 1.96. The SMILES string of the molecule is CSc1nnc(Nc2cccc(NC(C)=O)c2)s1. The van der Waals surface area contributed by atoms with Crippen molar-refractivity contribution in [3.63, 3.8) is 0 Å². The second kappa shape index (κ2) is 5.83. The molecule has 2 N–H and O–H groups in total. The highest BCUT2D eigenvalue weighted by atomic mass is 32.2. The Morgan fingerprint density at radius 3 is 2.78 bits per heavy atom. The van der Waals surface area contributed by atoms with Crippen molar-refractivity contribution in [3.8, 4) is 0 Å². The molecule has 0 radical (unpaired) electrons. The van der Waals surface area contributed by atoms with E-state index in [4.69, 9.17) is 0 Å². The molecule has 0 unspecified atom stereocenters. The lowest BCUT2D eigenvalue weighted by Crippen LogP contribution is -2.05. The molecular weight excluding hydrogens is 268 g/mol. The highest BCUT2D eigenvalue weighted by Crippen LogP contribution is 2.26. The Kier molecular flexibility index (Phi) is 4.16. The van der Waals surface area contributed by atoms with Crippen molar-refractivity contribution in [1.29, 1.82) is 0 Å². The normalized spacial score (nSPS) is 10.1. The van der Waals surface area contributed by atoms with E-state index in [9.17, 15) is 4.79 Å². The lowest BCUT2D eigenvalue weighted by atomic mass is 10.3. The molecule has 0 saturated heterocycles. The maximum Gasteiger partial charge on any atom is 0.221 e. The van der Waals surface area contributed by atoms with E-state index in [0.717, 1.165) is 20.8 Å². The van der Waals surface area contributed by atoms with Gasteiger partial charge in [-0.2, -0.15) is 0 Å². The first kappa shape index (κ1) is 12.8. The van der Waals surface area contributed by atoms with E-state index < -0.39 is 0 Å². The molecule has 0 aliphatic heterocycles. The Labute approximate surface area is 113 Å². The van der Waals surface area contributed by atoms with Gasteiger partial charge in [0.15, 0.2) is 4.34 Å². The number of amides is 1. The van der Waals surface area contributed by atoms with Gasteiger partial charge in [0.05, 0.1) is 0 Å². The van der Waals surface area contributed by atoms with Gasteiger partial charge in [0.25, 0.3) is 0 Å². The fraction of sp³-hybridized carbons (Fsp3) is 0.182. The summed E-state index contributed by atoms with van der Waals surface area (Å²) in [6, 6.07) is 7.46. The lowest BCUT2D eigenvalue weighted by molar-refractivity contribution is -0.114. The molecule has 94 valence electrons. The number of benzene rings is 1. The molecule has 0 atom stereocenters. The third-order valence-corrected chi connectivity index (χ3v) is 3.83. The number of hydrogen-bond acceptors (Lipinski definition) is 6. The Balaban J connectivity index is 2.11. The molecular formula is C11H12N4OS2. The fourth-order valence-corrected chi connectivity index (χ4v) is 2.53. The molecule has 1 amide bonds. The van der Waals surface area contributed by atoms with E-state index in [2.05, 4.69) is 20.8 Å². The minimum Gasteiger partial charge on any atom is -0.330 e. The summed E-state index contributed by atoms with van der Waals surface area (Å²) in [4.78, 5) is 11.0. The third kappa shape index (κ3) is 3.44. The zero-order valence-electron chi connectivity index (χ0n) is 9.93. The number of nitrogens with zero attached hydrogens (tertiary/aromatic N) is 2. The maximum atomic E-state index is 11.0. The van der Waals surface area contributed by atoms with Crippen LogP contribution in [0.25, 0.3) is 0 Å². The quantitative estimate of drug-likeness (QED) is 0.843. The van der Waals surface area contributed by atoms with Crippen LogP contribution in [-0.2, 0) is 4.79 Å². The summed E-state index contributed by atoms with van der Waals surface area (Å²) in [7, 11) is 0. The standard InChI is InChI=1S/C11H12N4OS2/c1-7(16)12-8-4-3-5-9(6-8)13-10-14-15-11(17-2)18-10/h3-6H,1-2H3,(H,12,16)(H,13,14). The van der Waals surface area contributed by atoms with Crippen LogP contribution in [-0.4, -0.2) is 22.4 Å². The van der Waals surface area contributed by atoms with E-state index in [0.29, 0.717) is 0 Å². The molecule has 0 bridgehead atoms. The minimum atomic E-state index is -0.0901. The number of hydrogen-bond donors (Lipinski definition) is 2. The van der Waals surface area contributed by atoms with E-state index in [1.165, 1.54) is 18.3 Å². The molecule has 0 spiro atoms. The summed E-state index contributed by atoms with van der Waals surface area (Å²) in [5.74, 6) is -0.0901. The van der Waals surface area contributed by atoms with Crippen LogP contribution >= 0.6 is 23.1 Å². The first-order valence-electron chi connectivity index (χ1n) is 5.19. The summed E-state index contributed by atoms with van der Waals surface area (Å²) in [6.45, 7) is 1.48. The molecule has 2 rings (SSSR count). The van der Waals surface area contributed by atoms with Gasteiger partial charge in [0, 0.05) is 18.3 Å². The third-order valence-electron chi connectivity index (χ3n) is 2.02. The smallest absolute Gasteiger partial charge is 0.221 e. The molecule has 5 nitrogen and oxygen atoms in total. The first-order valence-corrected chi connectivity index (χ1v) is 7.23. The monoisotopic (exact) mass is 280 g/mol. The number of carbonyl (C=O) groups is 1. The van der Waals surface area contributed by atoms with Crippen molar-refractivity contribution in [2.45, 2.75) is 11.3 Å². The molecule has 2 aromatic rings. The van der Waals surface area contributed by atoms with Crippen LogP contribution in [0.1, 0.15) is 6.92 Å². The van der Waals surface area contributed by atoms with Crippen molar-refractivity contribution in [3.05, 3.63) is 24.3 Å². The van der Waals surface area contributed by atoms with Crippen LogP contribution in [0.3, 0.4) is 0 Å². The van der Waals surface area contributed by atoms with Crippen LogP contribution in [0.2, 0.25) is 0 Å².